The molecule has 0 spiro atoms. The first-order chi connectivity index (χ1) is 10.4. The van der Waals surface area contributed by atoms with Crippen LogP contribution in [-0.4, -0.2) is 35.1 Å². The van der Waals surface area contributed by atoms with Gasteiger partial charge in [-0.1, -0.05) is 11.6 Å². The Morgan fingerprint density at radius 1 is 1.18 bits per heavy atom. The molecule has 116 valence electrons. The zero-order valence-corrected chi connectivity index (χ0v) is 12.6. The van der Waals surface area contributed by atoms with Gasteiger partial charge in [0.25, 0.3) is 0 Å². The molecule has 0 bridgehead atoms. The number of anilines is 2. The van der Waals surface area contributed by atoms with Crippen molar-refractivity contribution in [1.82, 2.24) is 4.90 Å². The Labute approximate surface area is 131 Å². The van der Waals surface area contributed by atoms with E-state index in [-0.39, 0.29) is 42.1 Å². The summed E-state index contributed by atoms with van der Waals surface area (Å²) < 4.78 is 0. The Kier molecular flexibility index (Phi) is 4.77. The van der Waals surface area contributed by atoms with E-state index >= 15 is 0 Å². The molecule has 4 amide bonds. The van der Waals surface area contributed by atoms with Crippen LogP contribution in [0.15, 0.2) is 18.2 Å². The standard InChI is InChI=1S/C14H14ClN3O4/c1-8(19)16-11-3-2-9(6-10(11)15)17-12(20)7-18-13(21)4-5-14(18)22/h2-3,6H,4-5,7H2,1H3,(H,16,19)(H,17,20). The van der Waals surface area contributed by atoms with E-state index in [2.05, 4.69) is 10.6 Å². The lowest BCUT2D eigenvalue weighted by Gasteiger charge is -2.14. The van der Waals surface area contributed by atoms with Gasteiger partial charge in [-0.25, -0.2) is 0 Å². The van der Waals surface area contributed by atoms with Crippen molar-refractivity contribution in [2.24, 2.45) is 0 Å². The molecule has 1 aliphatic rings. The third-order valence-corrected chi connectivity index (χ3v) is 3.33. The van der Waals surface area contributed by atoms with E-state index in [4.69, 9.17) is 11.6 Å². The third-order valence-electron chi connectivity index (χ3n) is 3.02. The van der Waals surface area contributed by atoms with Crippen molar-refractivity contribution in [3.63, 3.8) is 0 Å². The van der Waals surface area contributed by atoms with E-state index in [0.717, 1.165) is 4.90 Å². The second kappa shape index (κ2) is 6.57. The molecular formula is C14H14ClN3O4. The molecule has 2 N–H and O–H groups in total. The second-order valence-corrected chi connectivity index (χ2v) is 5.20. The largest absolute Gasteiger partial charge is 0.325 e. The lowest BCUT2D eigenvalue weighted by Crippen LogP contribution is -2.36. The van der Waals surface area contributed by atoms with E-state index < -0.39 is 5.91 Å². The fourth-order valence-corrected chi connectivity index (χ4v) is 2.26. The molecule has 0 aliphatic carbocycles. The minimum atomic E-state index is -0.494. The van der Waals surface area contributed by atoms with Gasteiger partial charge >= 0.3 is 0 Å². The number of halogens is 1. The number of benzene rings is 1. The predicted molar refractivity (Wildman–Crippen MR) is 80.3 cm³/mol. The summed E-state index contributed by atoms with van der Waals surface area (Å²) >= 11 is 5.99. The zero-order valence-electron chi connectivity index (χ0n) is 11.8. The van der Waals surface area contributed by atoms with Gasteiger partial charge in [0.1, 0.15) is 6.54 Å². The molecule has 1 heterocycles. The fourth-order valence-electron chi connectivity index (χ4n) is 2.03. The van der Waals surface area contributed by atoms with Gasteiger partial charge in [-0.05, 0) is 18.2 Å². The van der Waals surface area contributed by atoms with Crippen molar-refractivity contribution >= 4 is 46.6 Å². The maximum atomic E-state index is 11.9. The molecule has 1 aromatic rings. The van der Waals surface area contributed by atoms with Crippen molar-refractivity contribution in [2.75, 3.05) is 17.2 Å². The average Bonchev–Trinajstić information content (AvgIpc) is 2.73. The SMILES string of the molecule is CC(=O)Nc1ccc(NC(=O)CN2C(=O)CCC2=O)cc1Cl. The smallest absolute Gasteiger partial charge is 0.244 e. The van der Waals surface area contributed by atoms with Gasteiger partial charge in [0.2, 0.25) is 23.6 Å². The van der Waals surface area contributed by atoms with Gasteiger partial charge in [-0.15, -0.1) is 0 Å². The molecule has 7 nitrogen and oxygen atoms in total. The van der Waals surface area contributed by atoms with Crippen LogP contribution in [0.2, 0.25) is 5.02 Å². The van der Waals surface area contributed by atoms with Crippen molar-refractivity contribution in [1.29, 1.82) is 0 Å². The third kappa shape index (κ3) is 3.82. The highest BCUT2D eigenvalue weighted by atomic mass is 35.5. The number of nitrogens with zero attached hydrogens (tertiary/aromatic N) is 1. The summed E-state index contributed by atoms with van der Waals surface area (Å²) in [6.07, 6.45) is 0.284. The lowest BCUT2D eigenvalue weighted by atomic mass is 10.2. The van der Waals surface area contributed by atoms with Crippen LogP contribution in [-0.2, 0) is 19.2 Å². The van der Waals surface area contributed by atoms with E-state index in [0.29, 0.717) is 11.4 Å². The molecule has 0 radical (unpaired) electrons. The Morgan fingerprint density at radius 3 is 2.36 bits per heavy atom. The summed E-state index contributed by atoms with van der Waals surface area (Å²) in [6.45, 7) is 1.04. The van der Waals surface area contributed by atoms with Crippen LogP contribution >= 0.6 is 11.6 Å². The van der Waals surface area contributed by atoms with Crippen LogP contribution < -0.4 is 10.6 Å². The van der Waals surface area contributed by atoms with E-state index in [1.807, 2.05) is 0 Å². The number of carbonyl (C=O) groups excluding carboxylic acids is 4. The lowest BCUT2D eigenvalue weighted by molar-refractivity contribution is -0.141. The van der Waals surface area contributed by atoms with Crippen molar-refractivity contribution in [3.8, 4) is 0 Å². The molecule has 1 fully saturated rings. The number of rotatable bonds is 4. The molecule has 1 aromatic carbocycles. The first-order valence-corrected chi connectivity index (χ1v) is 6.95. The number of imide groups is 1. The minimum Gasteiger partial charge on any atom is -0.325 e. The second-order valence-electron chi connectivity index (χ2n) is 4.80. The number of hydrogen-bond acceptors (Lipinski definition) is 4. The summed E-state index contributed by atoms with van der Waals surface area (Å²) in [5, 5.41) is 5.36. The number of nitrogens with one attached hydrogen (secondary N) is 2. The quantitative estimate of drug-likeness (QED) is 0.818. The van der Waals surface area contributed by atoms with Crippen molar-refractivity contribution in [2.45, 2.75) is 19.8 Å². The van der Waals surface area contributed by atoms with Crippen LogP contribution in [0.1, 0.15) is 19.8 Å². The summed E-state index contributed by atoms with van der Waals surface area (Å²) in [6, 6.07) is 4.58. The van der Waals surface area contributed by atoms with Crippen LogP contribution in [0.4, 0.5) is 11.4 Å². The van der Waals surface area contributed by atoms with E-state index in [9.17, 15) is 19.2 Å². The van der Waals surface area contributed by atoms with Gasteiger partial charge in [-0.3, -0.25) is 24.1 Å². The highest BCUT2D eigenvalue weighted by Crippen LogP contribution is 2.25. The van der Waals surface area contributed by atoms with E-state index in [1.54, 1.807) is 12.1 Å². The van der Waals surface area contributed by atoms with Gasteiger partial charge in [-0.2, -0.15) is 0 Å². The van der Waals surface area contributed by atoms with Crippen LogP contribution in [0.25, 0.3) is 0 Å². The number of likely N-dealkylation sites (tertiary alicyclic amines) is 1. The van der Waals surface area contributed by atoms with Crippen molar-refractivity contribution < 1.29 is 19.2 Å². The molecule has 1 aliphatic heterocycles. The zero-order chi connectivity index (χ0) is 16.3. The molecule has 0 aromatic heterocycles. The van der Waals surface area contributed by atoms with Gasteiger partial charge in [0, 0.05) is 25.5 Å². The molecule has 0 atom stereocenters. The van der Waals surface area contributed by atoms with Crippen LogP contribution in [0.3, 0.4) is 0 Å². The molecule has 22 heavy (non-hydrogen) atoms. The first kappa shape index (κ1) is 16.0. The Morgan fingerprint density at radius 2 is 1.82 bits per heavy atom. The van der Waals surface area contributed by atoms with Gasteiger partial charge < -0.3 is 10.6 Å². The highest BCUT2D eigenvalue weighted by Gasteiger charge is 2.30. The molecule has 8 heteroatoms. The van der Waals surface area contributed by atoms with Crippen molar-refractivity contribution in [3.05, 3.63) is 23.2 Å². The molecule has 0 unspecified atom stereocenters. The molecule has 0 saturated carbocycles. The number of carbonyl (C=O) groups is 4. The minimum absolute atomic E-state index is 0.142. The number of hydrogen-bond donors (Lipinski definition) is 2. The normalized spacial score (nSPS) is 14.2. The molecule has 1 saturated heterocycles. The van der Waals surface area contributed by atoms with Gasteiger partial charge in [0.05, 0.1) is 10.7 Å². The maximum absolute atomic E-state index is 11.9. The summed E-state index contributed by atoms with van der Waals surface area (Å²) in [5.74, 6) is -1.45. The first-order valence-electron chi connectivity index (χ1n) is 6.57. The molecular weight excluding hydrogens is 310 g/mol. The Hall–Kier alpha value is -2.41. The van der Waals surface area contributed by atoms with Crippen LogP contribution in [0, 0.1) is 0 Å². The number of amides is 4. The Bertz CT molecular complexity index is 643. The highest BCUT2D eigenvalue weighted by molar-refractivity contribution is 6.34. The van der Waals surface area contributed by atoms with Crippen LogP contribution in [0.5, 0.6) is 0 Å². The molecule has 2 rings (SSSR count). The predicted octanol–water partition coefficient (Wildman–Crippen LogP) is 1.39. The fraction of sp³-hybridized carbons (Fsp3) is 0.286. The topological polar surface area (TPSA) is 95.6 Å². The monoisotopic (exact) mass is 323 g/mol. The van der Waals surface area contributed by atoms with Gasteiger partial charge in [0.15, 0.2) is 0 Å². The average molecular weight is 324 g/mol. The summed E-state index contributed by atoms with van der Waals surface area (Å²) in [5.41, 5.74) is 0.834. The summed E-state index contributed by atoms with van der Waals surface area (Å²) in [7, 11) is 0. The maximum Gasteiger partial charge on any atom is 0.244 e. The Balaban J connectivity index is 2.00. The summed E-state index contributed by atoms with van der Waals surface area (Å²) in [4.78, 5) is 46.6. The van der Waals surface area contributed by atoms with E-state index in [1.165, 1.54) is 13.0 Å².